The number of nitrogens with zero attached hydrogens (tertiary/aromatic N) is 1. The maximum atomic E-state index is 9.96. The number of benzene rings is 1. The molecular weight excluding hydrogens is 212 g/mol. The Morgan fingerprint density at radius 1 is 1.41 bits per heavy atom. The summed E-state index contributed by atoms with van der Waals surface area (Å²) in [5, 5.41) is 13.3. The molecule has 0 radical (unpaired) electrons. The second kappa shape index (κ2) is 4.67. The van der Waals surface area contributed by atoms with E-state index < -0.39 is 5.60 Å². The van der Waals surface area contributed by atoms with E-state index in [4.69, 9.17) is 0 Å². The van der Waals surface area contributed by atoms with E-state index in [-0.39, 0.29) is 0 Å². The molecule has 1 heterocycles. The minimum absolute atomic E-state index is 0.434. The molecule has 0 fully saturated rings. The summed E-state index contributed by atoms with van der Waals surface area (Å²) in [6.07, 6.45) is 1.09. The molecule has 0 saturated heterocycles. The molecule has 0 bridgehead atoms. The van der Waals surface area contributed by atoms with E-state index in [1.165, 1.54) is 11.3 Å². The van der Waals surface area contributed by atoms with Gasteiger partial charge in [0.05, 0.1) is 5.60 Å². The van der Waals surface area contributed by atoms with Crippen molar-refractivity contribution in [2.24, 2.45) is 0 Å². The lowest BCUT2D eigenvalue weighted by Gasteiger charge is -2.38. The first kappa shape index (κ1) is 12.4. The van der Waals surface area contributed by atoms with Crippen molar-refractivity contribution >= 4 is 5.69 Å². The van der Waals surface area contributed by atoms with Crippen LogP contribution in [-0.4, -0.2) is 30.8 Å². The fourth-order valence-corrected chi connectivity index (χ4v) is 2.56. The lowest BCUT2D eigenvalue weighted by Crippen LogP contribution is -2.43. The molecule has 0 aromatic heterocycles. The summed E-state index contributed by atoms with van der Waals surface area (Å²) in [4.78, 5) is 2.28. The van der Waals surface area contributed by atoms with Gasteiger partial charge in [-0.1, -0.05) is 18.2 Å². The van der Waals surface area contributed by atoms with Gasteiger partial charge >= 0.3 is 0 Å². The molecule has 1 aliphatic heterocycles. The van der Waals surface area contributed by atoms with Crippen molar-refractivity contribution in [3.8, 4) is 0 Å². The van der Waals surface area contributed by atoms with Gasteiger partial charge in [0.1, 0.15) is 0 Å². The number of nitrogens with one attached hydrogen (secondary N) is 1. The van der Waals surface area contributed by atoms with E-state index in [1.54, 1.807) is 0 Å². The molecule has 1 aromatic carbocycles. The van der Waals surface area contributed by atoms with E-state index in [9.17, 15) is 5.11 Å². The SMILES string of the molecule is CNC1CCN(CC(C)(C)O)c2ccccc21. The van der Waals surface area contributed by atoms with Gasteiger partial charge in [-0.3, -0.25) is 0 Å². The highest BCUT2D eigenvalue weighted by molar-refractivity contribution is 5.57. The van der Waals surface area contributed by atoms with Crippen molar-refractivity contribution in [3.05, 3.63) is 29.8 Å². The predicted octanol–water partition coefficient (Wildman–Crippen LogP) is 1.93. The molecule has 3 heteroatoms. The number of β-amino-alcohol motifs (C(OH)–C–C–N with tert-alkyl or cyclic N) is 1. The molecule has 1 unspecified atom stereocenters. The smallest absolute Gasteiger partial charge is 0.0765 e. The Hall–Kier alpha value is -1.06. The van der Waals surface area contributed by atoms with Gasteiger partial charge in [0, 0.05) is 24.8 Å². The van der Waals surface area contributed by atoms with Crippen LogP contribution >= 0.6 is 0 Å². The molecule has 0 amide bonds. The Morgan fingerprint density at radius 2 is 2.12 bits per heavy atom. The maximum Gasteiger partial charge on any atom is 0.0765 e. The molecule has 0 aliphatic carbocycles. The number of rotatable bonds is 3. The Bertz CT molecular complexity index is 384. The Balaban J connectivity index is 2.28. The minimum Gasteiger partial charge on any atom is -0.389 e. The number of para-hydroxylation sites is 1. The van der Waals surface area contributed by atoms with E-state index in [0.29, 0.717) is 12.6 Å². The van der Waals surface area contributed by atoms with Gasteiger partial charge in [0.25, 0.3) is 0 Å². The highest BCUT2D eigenvalue weighted by Crippen LogP contribution is 2.33. The van der Waals surface area contributed by atoms with E-state index in [1.807, 2.05) is 20.9 Å². The van der Waals surface area contributed by atoms with Crippen molar-refractivity contribution in [1.29, 1.82) is 0 Å². The first-order valence-corrected chi connectivity index (χ1v) is 6.25. The molecular formula is C14H22N2O. The Morgan fingerprint density at radius 3 is 2.76 bits per heavy atom. The van der Waals surface area contributed by atoms with Gasteiger partial charge in [0.15, 0.2) is 0 Å². The first-order valence-electron chi connectivity index (χ1n) is 6.25. The topological polar surface area (TPSA) is 35.5 Å². The molecule has 1 aliphatic rings. The molecule has 3 nitrogen and oxygen atoms in total. The van der Waals surface area contributed by atoms with Crippen LogP contribution < -0.4 is 10.2 Å². The average molecular weight is 234 g/mol. The Labute approximate surface area is 103 Å². The van der Waals surface area contributed by atoms with Crippen LogP contribution in [-0.2, 0) is 0 Å². The van der Waals surface area contributed by atoms with Crippen molar-refractivity contribution in [2.75, 3.05) is 25.0 Å². The van der Waals surface area contributed by atoms with Gasteiger partial charge in [-0.25, -0.2) is 0 Å². The fourth-order valence-electron chi connectivity index (χ4n) is 2.56. The predicted molar refractivity (Wildman–Crippen MR) is 71.4 cm³/mol. The third-order valence-corrected chi connectivity index (χ3v) is 3.27. The van der Waals surface area contributed by atoms with Crippen LogP contribution in [0.25, 0.3) is 0 Å². The van der Waals surface area contributed by atoms with Crippen LogP contribution in [0.1, 0.15) is 31.9 Å². The molecule has 2 N–H and O–H groups in total. The number of anilines is 1. The van der Waals surface area contributed by atoms with Gasteiger partial charge in [-0.2, -0.15) is 0 Å². The second-order valence-corrected chi connectivity index (χ2v) is 5.42. The summed E-state index contributed by atoms with van der Waals surface area (Å²) in [5.41, 5.74) is 1.94. The summed E-state index contributed by atoms with van der Waals surface area (Å²) in [6.45, 7) is 5.40. The van der Waals surface area contributed by atoms with Crippen LogP contribution in [0.2, 0.25) is 0 Å². The van der Waals surface area contributed by atoms with Crippen molar-refractivity contribution < 1.29 is 5.11 Å². The fraction of sp³-hybridized carbons (Fsp3) is 0.571. The van der Waals surface area contributed by atoms with Crippen molar-refractivity contribution in [3.63, 3.8) is 0 Å². The average Bonchev–Trinajstić information content (AvgIpc) is 2.28. The lowest BCUT2D eigenvalue weighted by atomic mass is 9.95. The molecule has 94 valence electrons. The van der Waals surface area contributed by atoms with Crippen LogP contribution in [0, 0.1) is 0 Å². The summed E-state index contributed by atoms with van der Waals surface area (Å²) in [6, 6.07) is 8.90. The largest absolute Gasteiger partial charge is 0.389 e. The molecule has 0 spiro atoms. The van der Waals surface area contributed by atoms with Crippen molar-refractivity contribution in [1.82, 2.24) is 5.32 Å². The number of hydrogen-bond acceptors (Lipinski definition) is 3. The molecule has 1 aromatic rings. The first-order chi connectivity index (χ1) is 8.01. The zero-order chi connectivity index (χ0) is 12.5. The van der Waals surface area contributed by atoms with E-state index in [2.05, 4.69) is 34.5 Å². The van der Waals surface area contributed by atoms with Crippen LogP contribution in [0.15, 0.2) is 24.3 Å². The number of aliphatic hydroxyl groups is 1. The highest BCUT2D eigenvalue weighted by Gasteiger charge is 2.26. The third-order valence-electron chi connectivity index (χ3n) is 3.27. The molecule has 2 rings (SSSR count). The third kappa shape index (κ3) is 2.79. The van der Waals surface area contributed by atoms with Crippen molar-refractivity contribution in [2.45, 2.75) is 31.9 Å². The zero-order valence-electron chi connectivity index (χ0n) is 10.9. The van der Waals surface area contributed by atoms with Gasteiger partial charge in [-0.15, -0.1) is 0 Å². The highest BCUT2D eigenvalue weighted by atomic mass is 16.3. The standard InChI is InChI=1S/C14H22N2O/c1-14(2,17)10-16-9-8-12(15-3)11-6-4-5-7-13(11)16/h4-7,12,15,17H,8-10H2,1-3H3. The molecule has 17 heavy (non-hydrogen) atoms. The number of hydrogen-bond donors (Lipinski definition) is 2. The Kier molecular flexibility index (Phi) is 3.40. The van der Waals surface area contributed by atoms with Crippen LogP contribution in [0.4, 0.5) is 5.69 Å². The van der Waals surface area contributed by atoms with Gasteiger partial charge in [0.2, 0.25) is 0 Å². The minimum atomic E-state index is -0.653. The summed E-state index contributed by atoms with van der Waals surface area (Å²) < 4.78 is 0. The van der Waals surface area contributed by atoms with Crippen LogP contribution in [0.3, 0.4) is 0 Å². The summed E-state index contributed by atoms with van der Waals surface area (Å²) in [5.74, 6) is 0. The second-order valence-electron chi connectivity index (χ2n) is 5.42. The van der Waals surface area contributed by atoms with Gasteiger partial charge in [-0.05, 0) is 38.9 Å². The van der Waals surface area contributed by atoms with E-state index >= 15 is 0 Å². The normalized spacial score (nSPS) is 20.2. The summed E-state index contributed by atoms with van der Waals surface area (Å²) in [7, 11) is 2.01. The maximum absolute atomic E-state index is 9.96. The van der Waals surface area contributed by atoms with E-state index in [0.717, 1.165) is 13.0 Å². The monoisotopic (exact) mass is 234 g/mol. The van der Waals surface area contributed by atoms with Gasteiger partial charge < -0.3 is 15.3 Å². The molecule has 0 saturated carbocycles. The zero-order valence-corrected chi connectivity index (χ0v) is 10.9. The molecule has 1 atom stereocenters. The number of fused-ring (bicyclic) bond motifs is 1. The van der Waals surface area contributed by atoms with Crippen LogP contribution in [0.5, 0.6) is 0 Å². The summed E-state index contributed by atoms with van der Waals surface area (Å²) >= 11 is 0. The lowest BCUT2D eigenvalue weighted by molar-refractivity contribution is 0.0867. The quantitative estimate of drug-likeness (QED) is 0.839.